The van der Waals surface area contributed by atoms with E-state index < -0.39 is 0 Å². The van der Waals surface area contributed by atoms with Gasteiger partial charge in [0.1, 0.15) is 12.6 Å². The van der Waals surface area contributed by atoms with Crippen molar-refractivity contribution >= 4 is 40.1 Å². The first-order chi connectivity index (χ1) is 10.2. The van der Waals surface area contributed by atoms with E-state index in [1.165, 1.54) is 6.42 Å². The number of nitrogens with one attached hydrogen (secondary N) is 1. The van der Waals surface area contributed by atoms with E-state index in [1.54, 1.807) is 4.90 Å². The summed E-state index contributed by atoms with van der Waals surface area (Å²) in [7, 11) is 0. The third-order valence-corrected chi connectivity index (χ3v) is 5.33. The van der Waals surface area contributed by atoms with Gasteiger partial charge in [-0.1, -0.05) is 31.4 Å². The maximum Gasteiger partial charge on any atom is 0.250 e. The first kappa shape index (κ1) is 14.8. The van der Waals surface area contributed by atoms with E-state index in [1.807, 2.05) is 24.3 Å². The van der Waals surface area contributed by atoms with Crippen LogP contribution in [0.25, 0.3) is 0 Å². The minimum absolute atomic E-state index is 0.0469. The number of benzene rings is 1. The molecule has 112 valence electrons. The molecule has 1 N–H and O–H groups in total. The number of nitrogens with zero attached hydrogens (tertiary/aromatic N) is 1. The molecule has 1 saturated heterocycles. The van der Waals surface area contributed by atoms with Crippen LogP contribution in [0.1, 0.15) is 32.1 Å². The van der Waals surface area contributed by atoms with Crippen LogP contribution >= 0.6 is 22.6 Å². The summed E-state index contributed by atoms with van der Waals surface area (Å²) in [5.74, 6) is 0.287. The predicted molar refractivity (Wildman–Crippen MR) is 90.0 cm³/mol. The highest BCUT2D eigenvalue weighted by atomic mass is 127. The number of carbonyl (C=O) groups is 2. The van der Waals surface area contributed by atoms with Gasteiger partial charge in [-0.05, 0) is 53.5 Å². The van der Waals surface area contributed by atoms with E-state index in [2.05, 4.69) is 27.9 Å². The predicted octanol–water partition coefficient (Wildman–Crippen LogP) is 2.70. The van der Waals surface area contributed by atoms with Crippen molar-refractivity contribution in [2.24, 2.45) is 5.92 Å². The lowest BCUT2D eigenvalue weighted by atomic mass is 9.82. The zero-order chi connectivity index (χ0) is 14.8. The summed E-state index contributed by atoms with van der Waals surface area (Å²) in [6.07, 6.45) is 5.64. The molecule has 0 bridgehead atoms. The Hall–Kier alpha value is -1.11. The van der Waals surface area contributed by atoms with Gasteiger partial charge in [-0.25, -0.2) is 0 Å². The van der Waals surface area contributed by atoms with E-state index in [0.717, 1.165) is 34.9 Å². The normalized spacial score (nSPS) is 24.0. The Morgan fingerprint density at radius 2 is 1.81 bits per heavy atom. The van der Waals surface area contributed by atoms with Crippen molar-refractivity contribution < 1.29 is 9.59 Å². The highest BCUT2D eigenvalue weighted by Crippen LogP contribution is 2.31. The van der Waals surface area contributed by atoms with Gasteiger partial charge in [0.25, 0.3) is 0 Å². The van der Waals surface area contributed by atoms with Crippen LogP contribution < -0.4 is 10.2 Å². The van der Waals surface area contributed by atoms with E-state index in [-0.39, 0.29) is 24.4 Å². The van der Waals surface area contributed by atoms with Gasteiger partial charge in [-0.3, -0.25) is 9.59 Å². The molecule has 0 aromatic heterocycles. The Kier molecular flexibility index (Phi) is 4.47. The summed E-state index contributed by atoms with van der Waals surface area (Å²) >= 11 is 2.22. The molecule has 1 aliphatic carbocycles. The van der Waals surface area contributed by atoms with Crippen molar-refractivity contribution in [3.63, 3.8) is 0 Å². The topological polar surface area (TPSA) is 49.4 Å². The van der Waals surface area contributed by atoms with Gasteiger partial charge in [0, 0.05) is 3.57 Å². The van der Waals surface area contributed by atoms with Gasteiger partial charge in [0.2, 0.25) is 11.8 Å². The van der Waals surface area contributed by atoms with Gasteiger partial charge in [0.15, 0.2) is 0 Å². The molecule has 1 aliphatic heterocycles. The van der Waals surface area contributed by atoms with Crippen LogP contribution in [0.5, 0.6) is 0 Å². The van der Waals surface area contributed by atoms with E-state index in [0.29, 0.717) is 5.92 Å². The third kappa shape index (κ3) is 3.07. The molecule has 0 spiro atoms. The van der Waals surface area contributed by atoms with Crippen molar-refractivity contribution in [1.29, 1.82) is 0 Å². The summed E-state index contributed by atoms with van der Waals surface area (Å²) in [4.78, 5) is 26.5. The van der Waals surface area contributed by atoms with Crippen LogP contribution in [0.2, 0.25) is 0 Å². The first-order valence-corrected chi connectivity index (χ1v) is 8.60. The SMILES string of the molecule is O=C1CN(c2ccccc2I)C(=O)C(C2CCCCC2)N1. The molecule has 1 saturated carbocycles. The van der Waals surface area contributed by atoms with E-state index >= 15 is 0 Å². The number of rotatable bonds is 2. The van der Waals surface area contributed by atoms with Gasteiger partial charge in [-0.2, -0.15) is 0 Å². The molecule has 4 nitrogen and oxygen atoms in total. The van der Waals surface area contributed by atoms with Gasteiger partial charge in [-0.15, -0.1) is 0 Å². The summed E-state index contributed by atoms with van der Waals surface area (Å²) in [5.41, 5.74) is 0.846. The fraction of sp³-hybridized carbons (Fsp3) is 0.500. The minimum Gasteiger partial charge on any atom is -0.342 e. The number of anilines is 1. The largest absolute Gasteiger partial charge is 0.342 e. The summed E-state index contributed by atoms with van der Waals surface area (Å²) in [5, 5.41) is 2.92. The number of piperazine rings is 1. The van der Waals surface area contributed by atoms with Crippen molar-refractivity contribution in [2.75, 3.05) is 11.4 Å². The lowest BCUT2D eigenvalue weighted by Gasteiger charge is -2.38. The van der Waals surface area contributed by atoms with Crippen LogP contribution in [0.15, 0.2) is 24.3 Å². The second-order valence-corrected chi connectivity index (χ2v) is 6.98. The Morgan fingerprint density at radius 3 is 2.52 bits per heavy atom. The van der Waals surface area contributed by atoms with Crippen molar-refractivity contribution in [3.05, 3.63) is 27.8 Å². The van der Waals surface area contributed by atoms with Gasteiger partial charge >= 0.3 is 0 Å². The molecular formula is C16H19IN2O2. The summed E-state index contributed by atoms with van der Waals surface area (Å²) in [6, 6.07) is 7.38. The lowest BCUT2D eigenvalue weighted by Crippen LogP contribution is -2.61. The van der Waals surface area contributed by atoms with E-state index in [4.69, 9.17) is 0 Å². The monoisotopic (exact) mass is 398 g/mol. The molecule has 1 aromatic carbocycles. The number of halogens is 1. The molecule has 1 heterocycles. The molecule has 0 radical (unpaired) electrons. The quantitative estimate of drug-likeness (QED) is 0.779. The van der Waals surface area contributed by atoms with Crippen LogP contribution in [0.4, 0.5) is 5.69 Å². The zero-order valence-corrected chi connectivity index (χ0v) is 14.0. The Morgan fingerprint density at radius 1 is 1.10 bits per heavy atom. The van der Waals surface area contributed by atoms with Crippen LogP contribution in [0, 0.1) is 9.49 Å². The van der Waals surface area contributed by atoms with Crippen LogP contribution in [0.3, 0.4) is 0 Å². The Balaban J connectivity index is 1.86. The summed E-state index contributed by atoms with van der Waals surface area (Å²) < 4.78 is 1.00. The zero-order valence-electron chi connectivity index (χ0n) is 11.8. The van der Waals surface area contributed by atoms with Gasteiger partial charge < -0.3 is 10.2 Å². The standard InChI is InChI=1S/C16H19IN2O2/c17-12-8-4-5-9-13(12)19-10-14(20)18-15(16(19)21)11-6-2-1-3-7-11/h4-5,8-9,11,15H,1-3,6-7,10H2,(H,18,20). The molecule has 5 heteroatoms. The molecule has 3 rings (SSSR count). The smallest absolute Gasteiger partial charge is 0.250 e. The van der Waals surface area contributed by atoms with Crippen LogP contribution in [-0.2, 0) is 9.59 Å². The van der Waals surface area contributed by atoms with Crippen molar-refractivity contribution in [3.8, 4) is 0 Å². The first-order valence-electron chi connectivity index (χ1n) is 7.52. The average molecular weight is 398 g/mol. The second kappa shape index (κ2) is 6.34. The molecule has 1 aromatic rings. The molecule has 1 unspecified atom stereocenters. The minimum atomic E-state index is -0.345. The van der Waals surface area contributed by atoms with Crippen molar-refractivity contribution in [1.82, 2.24) is 5.32 Å². The molecular weight excluding hydrogens is 379 g/mol. The second-order valence-electron chi connectivity index (χ2n) is 5.82. The van der Waals surface area contributed by atoms with Gasteiger partial charge in [0.05, 0.1) is 5.69 Å². The lowest BCUT2D eigenvalue weighted by molar-refractivity contribution is -0.132. The highest BCUT2D eigenvalue weighted by molar-refractivity contribution is 14.1. The van der Waals surface area contributed by atoms with E-state index in [9.17, 15) is 9.59 Å². The fourth-order valence-electron chi connectivity index (χ4n) is 3.33. The highest BCUT2D eigenvalue weighted by Gasteiger charge is 2.39. The molecule has 2 fully saturated rings. The Bertz CT molecular complexity index is 555. The summed E-state index contributed by atoms with van der Waals surface area (Å²) in [6.45, 7) is 0.127. The van der Waals surface area contributed by atoms with Crippen LogP contribution in [-0.4, -0.2) is 24.4 Å². The average Bonchev–Trinajstić information content (AvgIpc) is 2.51. The fourth-order valence-corrected chi connectivity index (χ4v) is 4.01. The number of para-hydroxylation sites is 1. The van der Waals surface area contributed by atoms with Crippen molar-refractivity contribution in [2.45, 2.75) is 38.1 Å². The number of carbonyl (C=O) groups excluding carboxylic acids is 2. The maximum atomic E-state index is 12.8. The molecule has 21 heavy (non-hydrogen) atoms. The molecule has 2 amide bonds. The number of hydrogen-bond acceptors (Lipinski definition) is 2. The Labute approximate surface area is 138 Å². The molecule has 1 atom stereocenters. The number of hydrogen-bond donors (Lipinski definition) is 1. The maximum absolute atomic E-state index is 12.8. The number of amides is 2. The molecule has 2 aliphatic rings. The third-order valence-electron chi connectivity index (χ3n) is 4.41.